The lowest BCUT2D eigenvalue weighted by atomic mass is 9.94. The first kappa shape index (κ1) is 21.4. The van der Waals surface area contributed by atoms with Gasteiger partial charge in [-0.15, -0.1) is 0 Å². The molecule has 30 heavy (non-hydrogen) atoms. The van der Waals surface area contributed by atoms with Crippen LogP contribution in [0.5, 0.6) is 11.5 Å². The van der Waals surface area contributed by atoms with Crippen LogP contribution in [0.4, 0.5) is 0 Å². The fourth-order valence-electron chi connectivity index (χ4n) is 3.83. The second-order valence-electron chi connectivity index (χ2n) is 7.29. The van der Waals surface area contributed by atoms with Crippen molar-refractivity contribution in [1.82, 2.24) is 4.90 Å². The van der Waals surface area contributed by atoms with Gasteiger partial charge in [-0.25, -0.2) is 0 Å². The molecule has 3 rings (SSSR count). The van der Waals surface area contributed by atoms with Gasteiger partial charge in [0.05, 0.1) is 25.8 Å². The van der Waals surface area contributed by atoms with Gasteiger partial charge in [-0.05, 0) is 36.6 Å². The molecule has 2 aromatic rings. The highest BCUT2D eigenvalue weighted by Gasteiger charge is 2.42. The molecule has 0 spiro atoms. The average molecular weight is 409 g/mol. The fraction of sp³-hybridized carbons (Fsp3) is 0.333. The molecule has 0 saturated heterocycles. The number of amides is 1. The highest BCUT2D eigenvalue weighted by Crippen LogP contribution is 2.38. The highest BCUT2D eigenvalue weighted by atomic mass is 16.5. The molecule has 158 valence electrons. The van der Waals surface area contributed by atoms with E-state index in [1.165, 1.54) is 0 Å². The minimum Gasteiger partial charge on any atom is -0.503 e. The minimum atomic E-state index is -0.593. The number of methoxy groups -OCH3 is 2. The molecule has 6 heteroatoms. The SMILES string of the molecule is CCC(=O)C1=C(O)C(=O)N(CCc2ccc(OC)c(OC)c2)C1c1cccc(C)c1. The lowest BCUT2D eigenvalue weighted by Crippen LogP contribution is -2.33. The van der Waals surface area contributed by atoms with E-state index in [1.807, 2.05) is 49.4 Å². The quantitative estimate of drug-likeness (QED) is 0.715. The van der Waals surface area contributed by atoms with Crippen molar-refractivity contribution in [2.45, 2.75) is 32.7 Å². The number of nitrogens with zero attached hydrogens (tertiary/aromatic N) is 1. The number of carbonyl (C=O) groups is 2. The van der Waals surface area contributed by atoms with Gasteiger partial charge in [0.25, 0.3) is 5.91 Å². The topological polar surface area (TPSA) is 76.1 Å². The van der Waals surface area contributed by atoms with Crippen LogP contribution < -0.4 is 9.47 Å². The third-order valence-corrected chi connectivity index (χ3v) is 5.37. The summed E-state index contributed by atoms with van der Waals surface area (Å²) in [6.07, 6.45) is 0.758. The third kappa shape index (κ3) is 4.03. The van der Waals surface area contributed by atoms with Gasteiger partial charge in [0.15, 0.2) is 23.0 Å². The van der Waals surface area contributed by atoms with E-state index >= 15 is 0 Å². The summed E-state index contributed by atoms with van der Waals surface area (Å²) in [5.74, 6) is 0.0625. The zero-order valence-corrected chi connectivity index (χ0v) is 17.8. The number of hydrogen-bond donors (Lipinski definition) is 1. The van der Waals surface area contributed by atoms with Crippen LogP contribution in [0.15, 0.2) is 53.8 Å². The summed E-state index contributed by atoms with van der Waals surface area (Å²) in [5, 5.41) is 10.5. The van der Waals surface area contributed by atoms with Gasteiger partial charge in [-0.1, -0.05) is 42.8 Å². The van der Waals surface area contributed by atoms with Crippen molar-refractivity contribution in [3.05, 3.63) is 70.5 Å². The lowest BCUT2D eigenvalue weighted by molar-refractivity contribution is -0.129. The maximum atomic E-state index is 12.9. The molecule has 0 aromatic heterocycles. The Balaban J connectivity index is 1.92. The summed E-state index contributed by atoms with van der Waals surface area (Å²) in [6, 6.07) is 12.7. The van der Waals surface area contributed by atoms with Gasteiger partial charge in [0.1, 0.15) is 0 Å². The van der Waals surface area contributed by atoms with E-state index in [0.29, 0.717) is 24.5 Å². The molecule has 1 amide bonds. The van der Waals surface area contributed by atoms with Crippen molar-refractivity contribution in [2.24, 2.45) is 0 Å². The normalized spacial score (nSPS) is 16.2. The maximum Gasteiger partial charge on any atom is 0.290 e. The van der Waals surface area contributed by atoms with Crippen LogP contribution in [0.2, 0.25) is 0 Å². The van der Waals surface area contributed by atoms with E-state index in [4.69, 9.17) is 9.47 Å². The molecule has 0 radical (unpaired) electrons. The van der Waals surface area contributed by atoms with E-state index in [0.717, 1.165) is 16.7 Å². The Morgan fingerprint density at radius 2 is 1.83 bits per heavy atom. The van der Waals surface area contributed by atoms with Crippen LogP contribution in [-0.4, -0.2) is 42.5 Å². The van der Waals surface area contributed by atoms with Gasteiger partial charge in [0, 0.05) is 13.0 Å². The van der Waals surface area contributed by atoms with Crippen molar-refractivity contribution < 1.29 is 24.2 Å². The Hall–Kier alpha value is -3.28. The highest BCUT2D eigenvalue weighted by molar-refractivity contribution is 6.08. The monoisotopic (exact) mass is 409 g/mol. The molecule has 1 unspecified atom stereocenters. The molecule has 1 N–H and O–H groups in total. The van der Waals surface area contributed by atoms with E-state index < -0.39 is 17.7 Å². The third-order valence-electron chi connectivity index (χ3n) is 5.37. The van der Waals surface area contributed by atoms with Crippen LogP contribution in [-0.2, 0) is 16.0 Å². The van der Waals surface area contributed by atoms with Crippen LogP contribution in [0.1, 0.15) is 36.1 Å². The second-order valence-corrected chi connectivity index (χ2v) is 7.29. The van der Waals surface area contributed by atoms with Gasteiger partial charge >= 0.3 is 0 Å². The molecule has 2 aromatic carbocycles. The average Bonchev–Trinajstić information content (AvgIpc) is 3.01. The Morgan fingerprint density at radius 3 is 2.47 bits per heavy atom. The number of rotatable bonds is 8. The number of aliphatic hydroxyl groups excluding tert-OH is 1. The van der Waals surface area contributed by atoms with Crippen molar-refractivity contribution in [1.29, 1.82) is 0 Å². The van der Waals surface area contributed by atoms with Crippen LogP contribution in [0.3, 0.4) is 0 Å². The van der Waals surface area contributed by atoms with Gasteiger partial charge in [-0.3, -0.25) is 9.59 Å². The Morgan fingerprint density at radius 1 is 1.10 bits per heavy atom. The Labute approximate surface area is 176 Å². The van der Waals surface area contributed by atoms with Gasteiger partial charge in [0.2, 0.25) is 0 Å². The number of aliphatic hydroxyl groups is 1. The summed E-state index contributed by atoms with van der Waals surface area (Å²) in [7, 11) is 3.15. The lowest BCUT2D eigenvalue weighted by Gasteiger charge is -2.27. The zero-order valence-electron chi connectivity index (χ0n) is 17.8. The van der Waals surface area contributed by atoms with Gasteiger partial charge in [-0.2, -0.15) is 0 Å². The fourth-order valence-corrected chi connectivity index (χ4v) is 3.83. The molecule has 1 aliphatic rings. The first-order valence-electron chi connectivity index (χ1n) is 9.96. The maximum absolute atomic E-state index is 12.9. The second kappa shape index (κ2) is 9.03. The van der Waals surface area contributed by atoms with Crippen LogP contribution in [0, 0.1) is 6.92 Å². The smallest absolute Gasteiger partial charge is 0.290 e. The molecule has 0 fully saturated rings. The summed E-state index contributed by atoms with van der Waals surface area (Å²) in [6.45, 7) is 4.03. The number of carbonyl (C=O) groups excluding carboxylic acids is 2. The van der Waals surface area contributed by atoms with Crippen LogP contribution in [0.25, 0.3) is 0 Å². The Bertz CT molecular complexity index is 995. The van der Waals surface area contributed by atoms with E-state index in [-0.39, 0.29) is 17.8 Å². The largest absolute Gasteiger partial charge is 0.503 e. The molecule has 0 aliphatic carbocycles. The number of ether oxygens (including phenoxy) is 2. The summed E-state index contributed by atoms with van der Waals surface area (Å²) in [4.78, 5) is 27.0. The molecular weight excluding hydrogens is 382 g/mol. The minimum absolute atomic E-state index is 0.181. The standard InChI is InChI=1S/C24H27NO5/c1-5-18(26)21-22(17-8-6-7-15(2)13-17)25(24(28)23(21)27)12-11-16-9-10-19(29-3)20(14-16)30-4/h6-10,13-14,22,27H,5,11-12H2,1-4H3. The molecule has 1 atom stereocenters. The first-order valence-corrected chi connectivity index (χ1v) is 9.96. The predicted molar refractivity (Wildman–Crippen MR) is 114 cm³/mol. The van der Waals surface area contributed by atoms with Crippen molar-refractivity contribution in [3.8, 4) is 11.5 Å². The summed E-state index contributed by atoms with van der Waals surface area (Å²) in [5.41, 5.74) is 2.98. The number of aryl methyl sites for hydroxylation is 1. The van der Waals surface area contributed by atoms with E-state index in [1.54, 1.807) is 26.0 Å². The number of hydrogen-bond acceptors (Lipinski definition) is 5. The molecular formula is C24H27NO5. The molecule has 0 saturated carbocycles. The van der Waals surface area contributed by atoms with Gasteiger partial charge < -0.3 is 19.5 Å². The number of Topliss-reactive ketones (excluding diaryl/α,β-unsaturated/α-hetero) is 1. The van der Waals surface area contributed by atoms with Crippen LogP contribution >= 0.6 is 0 Å². The molecule has 1 heterocycles. The first-order chi connectivity index (χ1) is 14.4. The summed E-state index contributed by atoms with van der Waals surface area (Å²) < 4.78 is 10.6. The summed E-state index contributed by atoms with van der Waals surface area (Å²) >= 11 is 0. The van der Waals surface area contributed by atoms with E-state index in [9.17, 15) is 14.7 Å². The number of ketones is 1. The molecule has 1 aliphatic heterocycles. The van der Waals surface area contributed by atoms with Crippen molar-refractivity contribution in [2.75, 3.05) is 20.8 Å². The van der Waals surface area contributed by atoms with E-state index in [2.05, 4.69) is 0 Å². The zero-order chi connectivity index (χ0) is 21.8. The van der Waals surface area contributed by atoms with Crippen molar-refractivity contribution >= 4 is 11.7 Å². The molecule has 0 bridgehead atoms. The number of benzene rings is 2. The van der Waals surface area contributed by atoms with Crippen molar-refractivity contribution in [3.63, 3.8) is 0 Å². The predicted octanol–water partition coefficient (Wildman–Crippen LogP) is 3.93. The molecule has 6 nitrogen and oxygen atoms in total. The Kier molecular flexibility index (Phi) is 6.45.